The Morgan fingerprint density at radius 2 is 2.04 bits per heavy atom. The van der Waals surface area contributed by atoms with E-state index in [0.717, 1.165) is 17.5 Å². The minimum absolute atomic E-state index is 0.0290. The van der Waals surface area contributed by atoms with Gasteiger partial charge in [-0.15, -0.1) is 0 Å². The maximum atomic E-state index is 13.0. The predicted molar refractivity (Wildman–Crippen MR) is 95.9 cm³/mol. The minimum Gasteiger partial charge on any atom is -0.480 e. The Hall–Kier alpha value is -2.30. The number of carboxylic acids is 1. The van der Waals surface area contributed by atoms with Crippen molar-refractivity contribution in [3.8, 4) is 0 Å². The molecule has 0 aromatic heterocycles. The van der Waals surface area contributed by atoms with Gasteiger partial charge in [-0.05, 0) is 44.7 Å². The molecule has 0 fully saturated rings. The van der Waals surface area contributed by atoms with Crippen LogP contribution in [0.1, 0.15) is 51.2 Å². The number of amides is 1. The normalized spacial score (nSPS) is 24.6. The zero-order chi connectivity index (χ0) is 18.4. The molecule has 0 bridgehead atoms. The van der Waals surface area contributed by atoms with Gasteiger partial charge < -0.3 is 9.84 Å². The topological polar surface area (TPSA) is 66.8 Å². The SMILES string of the molecule is CCc1cccc2c1N(C(=O)OC(C)(C)C)[C@H](C(=O)O)[C@@H]1CC=C[C@H]21. The molecule has 1 aromatic carbocycles. The first-order valence-corrected chi connectivity index (χ1v) is 8.78. The lowest BCUT2D eigenvalue weighted by Crippen LogP contribution is -2.54. The van der Waals surface area contributed by atoms with Crippen molar-refractivity contribution in [3.63, 3.8) is 0 Å². The summed E-state index contributed by atoms with van der Waals surface area (Å²) in [4.78, 5) is 26.5. The van der Waals surface area contributed by atoms with Crippen molar-refractivity contribution < 1.29 is 19.4 Å². The molecular weight excluding hydrogens is 318 g/mol. The number of carbonyl (C=O) groups is 2. The number of fused-ring (bicyclic) bond motifs is 3. The number of para-hydroxylation sites is 1. The summed E-state index contributed by atoms with van der Waals surface area (Å²) in [6.07, 6.45) is 4.87. The lowest BCUT2D eigenvalue weighted by atomic mass is 9.77. The molecule has 3 rings (SSSR count). The van der Waals surface area contributed by atoms with Crippen LogP contribution in [0.5, 0.6) is 0 Å². The molecule has 3 atom stereocenters. The largest absolute Gasteiger partial charge is 0.480 e. The number of nitrogens with zero attached hydrogens (tertiary/aromatic N) is 1. The highest BCUT2D eigenvalue weighted by molar-refractivity contribution is 5.98. The molecule has 5 nitrogen and oxygen atoms in total. The Labute approximate surface area is 148 Å². The van der Waals surface area contributed by atoms with Crippen LogP contribution in [0.2, 0.25) is 0 Å². The standard InChI is InChI=1S/C20H25NO4/c1-5-12-8-6-10-14-13-9-7-11-15(13)17(18(22)23)21(16(12)14)19(24)25-20(2,3)4/h6-10,13,15,17H,5,11H2,1-4H3,(H,22,23)/t13-,15-,17+/m1/s1. The first-order chi connectivity index (χ1) is 11.7. The molecule has 1 aromatic rings. The van der Waals surface area contributed by atoms with E-state index in [1.54, 1.807) is 20.8 Å². The van der Waals surface area contributed by atoms with Crippen molar-refractivity contribution in [2.24, 2.45) is 5.92 Å². The number of ether oxygens (including phenoxy) is 1. The fourth-order valence-corrected chi connectivity index (χ4v) is 3.93. The third-order valence-electron chi connectivity index (χ3n) is 4.87. The van der Waals surface area contributed by atoms with Gasteiger partial charge in [-0.1, -0.05) is 37.3 Å². The fraction of sp³-hybridized carbons (Fsp3) is 0.500. The van der Waals surface area contributed by atoms with E-state index in [-0.39, 0.29) is 11.8 Å². The number of rotatable bonds is 2. The van der Waals surface area contributed by atoms with E-state index in [1.165, 1.54) is 4.90 Å². The molecule has 2 aliphatic rings. The van der Waals surface area contributed by atoms with Gasteiger partial charge >= 0.3 is 12.1 Å². The van der Waals surface area contributed by atoms with Gasteiger partial charge in [0.1, 0.15) is 11.6 Å². The van der Waals surface area contributed by atoms with Gasteiger partial charge in [0.05, 0.1) is 5.69 Å². The quantitative estimate of drug-likeness (QED) is 0.820. The van der Waals surface area contributed by atoms with Crippen molar-refractivity contribution in [1.82, 2.24) is 0 Å². The summed E-state index contributed by atoms with van der Waals surface area (Å²) in [6.45, 7) is 7.38. The van der Waals surface area contributed by atoms with E-state index < -0.39 is 23.7 Å². The Morgan fingerprint density at radius 3 is 2.64 bits per heavy atom. The fourth-order valence-electron chi connectivity index (χ4n) is 3.93. The van der Waals surface area contributed by atoms with Crippen LogP contribution >= 0.6 is 0 Å². The molecule has 1 N–H and O–H groups in total. The average molecular weight is 343 g/mol. The predicted octanol–water partition coefficient (Wildman–Crippen LogP) is 4.12. The Morgan fingerprint density at radius 1 is 1.32 bits per heavy atom. The zero-order valence-electron chi connectivity index (χ0n) is 15.2. The maximum Gasteiger partial charge on any atom is 0.415 e. The third kappa shape index (κ3) is 3.03. The molecule has 1 aliphatic heterocycles. The molecule has 1 heterocycles. The molecule has 0 spiro atoms. The molecule has 1 aliphatic carbocycles. The van der Waals surface area contributed by atoms with Gasteiger partial charge in [-0.2, -0.15) is 0 Å². The smallest absolute Gasteiger partial charge is 0.415 e. The second-order valence-electron chi connectivity index (χ2n) is 7.70. The first-order valence-electron chi connectivity index (χ1n) is 8.78. The van der Waals surface area contributed by atoms with E-state index in [9.17, 15) is 14.7 Å². The van der Waals surface area contributed by atoms with Crippen LogP contribution in [0.15, 0.2) is 30.4 Å². The third-order valence-corrected chi connectivity index (χ3v) is 4.87. The van der Waals surface area contributed by atoms with E-state index >= 15 is 0 Å². The van der Waals surface area contributed by atoms with Gasteiger partial charge in [0.2, 0.25) is 0 Å². The van der Waals surface area contributed by atoms with Crippen LogP contribution in [0.3, 0.4) is 0 Å². The number of carboxylic acid groups (broad SMARTS) is 1. The molecule has 1 amide bonds. The molecule has 0 unspecified atom stereocenters. The second kappa shape index (κ2) is 6.21. The highest BCUT2D eigenvalue weighted by atomic mass is 16.6. The van der Waals surface area contributed by atoms with Crippen molar-refractivity contribution in [1.29, 1.82) is 0 Å². The summed E-state index contributed by atoms with van der Waals surface area (Å²) in [5, 5.41) is 9.91. The number of carbonyl (C=O) groups excluding carboxylic acids is 1. The molecular formula is C20H25NO4. The van der Waals surface area contributed by atoms with E-state index in [1.807, 2.05) is 31.2 Å². The number of hydrogen-bond donors (Lipinski definition) is 1. The first kappa shape index (κ1) is 17.5. The highest BCUT2D eigenvalue weighted by Gasteiger charge is 2.49. The van der Waals surface area contributed by atoms with Crippen LogP contribution in [0.25, 0.3) is 0 Å². The lowest BCUT2D eigenvalue weighted by Gasteiger charge is -2.43. The monoisotopic (exact) mass is 343 g/mol. The van der Waals surface area contributed by atoms with Gasteiger partial charge in [-0.3, -0.25) is 4.90 Å². The number of aryl methyl sites for hydroxylation is 1. The average Bonchev–Trinajstić information content (AvgIpc) is 3.00. The number of aliphatic carboxylic acids is 1. The zero-order valence-corrected chi connectivity index (χ0v) is 15.2. The van der Waals surface area contributed by atoms with Crippen molar-refractivity contribution in [3.05, 3.63) is 41.5 Å². The number of benzene rings is 1. The van der Waals surface area contributed by atoms with Crippen molar-refractivity contribution in [2.45, 2.75) is 58.1 Å². The minimum atomic E-state index is -0.985. The number of anilines is 1. The molecule has 0 saturated carbocycles. The highest BCUT2D eigenvalue weighted by Crippen LogP contribution is 2.49. The van der Waals surface area contributed by atoms with Crippen LogP contribution in [0, 0.1) is 5.92 Å². The summed E-state index contributed by atoms with van der Waals surface area (Å²) < 4.78 is 5.57. The molecule has 134 valence electrons. The lowest BCUT2D eigenvalue weighted by molar-refractivity contribution is -0.140. The van der Waals surface area contributed by atoms with Crippen LogP contribution in [0.4, 0.5) is 10.5 Å². The Kier molecular flexibility index (Phi) is 4.35. The molecule has 25 heavy (non-hydrogen) atoms. The van der Waals surface area contributed by atoms with Gasteiger partial charge in [0.25, 0.3) is 0 Å². The van der Waals surface area contributed by atoms with Gasteiger partial charge in [-0.25, -0.2) is 9.59 Å². The number of hydrogen-bond acceptors (Lipinski definition) is 3. The summed E-state index contributed by atoms with van der Waals surface area (Å²) in [5.41, 5.74) is 2.00. The molecule has 0 radical (unpaired) electrons. The van der Waals surface area contributed by atoms with Crippen LogP contribution in [-0.4, -0.2) is 28.8 Å². The number of allylic oxidation sites excluding steroid dienone is 2. The van der Waals surface area contributed by atoms with E-state index in [2.05, 4.69) is 6.08 Å². The molecule has 5 heteroatoms. The van der Waals surface area contributed by atoms with Crippen molar-refractivity contribution >= 4 is 17.7 Å². The van der Waals surface area contributed by atoms with Crippen molar-refractivity contribution in [2.75, 3.05) is 4.90 Å². The van der Waals surface area contributed by atoms with E-state index in [0.29, 0.717) is 12.1 Å². The summed E-state index contributed by atoms with van der Waals surface area (Å²) in [5.74, 6) is -1.12. The van der Waals surface area contributed by atoms with Gasteiger partial charge in [0.15, 0.2) is 0 Å². The summed E-state index contributed by atoms with van der Waals surface area (Å²) >= 11 is 0. The maximum absolute atomic E-state index is 13.0. The van der Waals surface area contributed by atoms with Crippen LogP contribution in [-0.2, 0) is 16.0 Å². The van der Waals surface area contributed by atoms with Gasteiger partial charge in [0, 0.05) is 11.8 Å². The summed E-state index contributed by atoms with van der Waals surface area (Å²) in [6, 6.07) is 5.01. The second-order valence-corrected chi connectivity index (χ2v) is 7.70. The molecule has 0 saturated heterocycles. The Bertz CT molecular complexity index is 732. The van der Waals surface area contributed by atoms with E-state index in [4.69, 9.17) is 4.74 Å². The Balaban J connectivity index is 2.18. The van der Waals surface area contributed by atoms with Crippen LogP contribution < -0.4 is 4.90 Å². The summed E-state index contributed by atoms with van der Waals surface area (Å²) in [7, 11) is 0.